The van der Waals surface area contributed by atoms with Crippen LogP contribution in [0.25, 0.3) is 10.8 Å². The number of hydrogen-bond acceptors (Lipinski definition) is 1. The van der Waals surface area contributed by atoms with Crippen molar-refractivity contribution in [3.05, 3.63) is 41.5 Å². The minimum Gasteiger partial charge on any atom is -1.00 e. The Kier molecular flexibility index (Phi) is 10.3. The number of rotatable bonds is 3. The predicted molar refractivity (Wildman–Crippen MR) is 66.5 cm³/mol. The number of aryl methyl sites for hydroxylation is 1. The molecular weight excluding hydrogens is 301 g/mol. The van der Waals surface area contributed by atoms with Gasteiger partial charge in [-0.2, -0.15) is 0 Å². The van der Waals surface area contributed by atoms with E-state index >= 15 is 0 Å². The van der Waals surface area contributed by atoms with E-state index in [1.165, 1.54) is 21.9 Å². The van der Waals surface area contributed by atoms with Crippen molar-refractivity contribution in [2.45, 2.75) is 13.3 Å². The van der Waals surface area contributed by atoms with Crippen LogP contribution in [-0.4, -0.2) is 25.5 Å². The number of nitrogens with zero attached hydrogens (tertiary/aromatic N) is 1. The molecule has 0 aliphatic heterocycles. The van der Waals surface area contributed by atoms with Crippen LogP contribution in [-0.2, 0) is 28.1 Å². The van der Waals surface area contributed by atoms with Gasteiger partial charge in [0.2, 0.25) is 0 Å². The van der Waals surface area contributed by atoms with Crippen molar-refractivity contribution in [3.63, 3.8) is 0 Å². The van der Waals surface area contributed by atoms with Gasteiger partial charge in [0.1, 0.15) is 0 Å². The van der Waals surface area contributed by atoms with E-state index in [9.17, 15) is 0 Å². The number of hydrogen-bond donors (Lipinski definition) is 0. The molecule has 0 amide bonds. The SMILES string of the molecule is Cc1[cH-]c2ccccc2c1CCN(C)C.[Cl-].[Cl-].[Ti+3]. The van der Waals surface area contributed by atoms with Gasteiger partial charge in [-0.3, -0.25) is 0 Å². The molecule has 0 aliphatic carbocycles. The fourth-order valence-corrected chi connectivity index (χ4v) is 2.10. The molecular formula is C14H18Cl2NTi. The summed E-state index contributed by atoms with van der Waals surface area (Å²) in [4.78, 5) is 2.24. The summed E-state index contributed by atoms with van der Waals surface area (Å²) in [7, 11) is 4.25. The van der Waals surface area contributed by atoms with E-state index in [0.717, 1.165) is 13.0 Å². The third kappa shape index (κ3) is 4.64. The third-order valence-electron chi connectivity index (χ3n) is 2.94. The van der Waals surface area contributed by atoms with Crippen LogP contribution < -0.4 is 24.8 Å². The van der Waals surface area contributed by atoms with Crippen LogP contribution in [0.2, 0.25) is 0 Å². The molecule has 0 saturated heterocycles. The fraction of sp³-hybridized carbons (Fsp3) is 0.357. The molecule has 4 heteroatoms. The standard InChI is InChI=1S/C14H18N.2ClH.Ti/c1-11-10-12-6-4-5-7-14(12)13(11)8-9-15(2)3;;;/h4-7,10H,8-9H2,1-3H3;2*1H;/q-1;;;+3/p-2. The summed E-state index contributed by atoms with van der Waals surface area (Å²) in [5.41, 5.74) is 2.94. The zero-order valence-corrected chi connectivity index (χ0v) is 14.1. The van der Waals surface area contributed by atoms with Gasteiger partial charge in [0.05, 0.1) is 0 Å². The molecule has 1 nitrogen and oxygen atoms in total. The maximum atomic E-state index is 2.29. The van der Waals surface area contributed by atoms with Crippen LogP contribution in [0.3, 0.4) is 0 Å². The second-order valence-electron chi connectivity index (χ2n) is 4.45. The minimum absolute atomic E-state index is 0. The Bertz CT molecular complexity index is 466. The van der Waals surface area contributed by atoms with E-state index in [2.05, 4.69) is 56.3 Å². The van der Waals surface area contributed by atoms with Gasteiger partial charge in [0.15, 0.2) is 0 Å². The quantitative estimate of drug-likeness (QED) is 0.430. The largest absolute Gasteiger partial charge is 3.00 e. The molecule has 0 saturated carbocycles. The van der Waals surface area contributed by atoms with E-state index in [1.54, 1.807) is 0 Å². The molecule has 0 unspecified atom stereocenters. The van der Waals surface area contributed by atoms with E-state index in [-0.39, 0.29) is 46.5 Å². The first-order valence-corrected chi connectivity index (χ1v) is 5.47. The minimum atomic E-state index is 0. The van der Waals surface area contributed by atoms with E-state index in [0.29, 0.717) is 0 Å². The van der Waals surface area contributed by atoms with Gasteiger partial charge in [0, 0.05) is 0 Å². The van der Waals surface area contributed by atoms with E-state index < -0.39 is 0 Å². The first-order chi connectivity index (χ1) is 7.18. The molecule has 0 atom stereocenters. The molecule has 18 heavy (non-hydrogen) atoms. The number of halogens is 2. The Labute approximate surface area is 137 Å². The van der Waals surface area contributed by atoms with Gasteiger partial charge >= 0.3 is 21.7 Å². The molecule has 0 aromatic heterocycles. The van der Waals surface area contributed by atoms with Crippen LogP contribution in [0.5, 0.6) is 0 Å². The van der Waals surface area contributed by atoms with Gasteiger partial charge in [-0.25, -0.2) is 0 Å². The fourth-order valence-electron chi connectivity index (χ4n) is 2.10. The number of likely N-dealkylation sites (N-methyl/N-ethyl adjacent to an activating group) is 1. The Morgan fingerprint density at radius 1 is 1.11 bits per heavy atom. The summed E-state index contributed by atoms with van der Waals surface area (Å²) in [6.07, 6.45) is 1.15. The summed E-state index contributed by atoms with van der Waals surface area (Å²) < 4.78 is 0. The molecule has 2 rings (SSSR count). The molecule has 2 aromatic rings. The zero-order chi connectivity index (χ0) is 10.8. The summed E-state index contributed by atoms with van der Waals surface area (Å²) in [6.45, 7) is 3.33. The van der Waals surface area contributed by atoms with Crippen LogP contribution >= 0.6 is 0 Å². The Balaban J connectivity index is 0. The molecule has 0 bridgehead atoms. The summed E-state index contributed by atoms with van der Waals surface area (Å²) in [5, 5.41) is 2.81. The monoisotopic (exact) mass is 318 g/mol. The van der Waals surface area contributed by atoms with E-state index in [4.69, 9.17) is 0 Å². The molecule has 0 heterocycles. The molecule has 0 fully saturated rings. The topological polar surface area (TPSA) is 3.24 Å². The Morgan fingerprint density at radius 2 is 1.72 bits per heavy atom. The molecule has 0 aliphatic rings. The third-order valence-corrected chi connectivity index (χ3v) is 2.94. The van der Waals surface area contributed by atoms with Crippen molar-refractivity contribution >= 4 is 10.8 Å². The van der Waals surface area contributed by atoms with Crippen LogP contribution in [0.15, 0.2) is 30.3 Å². The summed E-state index contributed by atoms with van der Waals surface area (Å²) >= 11 is 0. The maximum absolute atomic E-state index is 2.29. The van der Waals surface area contributed by atoms with Gasteiger partial charge in [-0.15, -0.1) is 46.2 Å². The van der Waals surface area contributed by atoms with Crippen molar-refractivity contribution in [1.29, 1.82) is 0 Å². The van der Waals surface area contributed by atoms with Crippen molar-refractivity contribution < 1.29 is 46.5 Å². The number of fused-ring (bicyclic) bond motifs is 1. The van der Waals surface area contributed by atoms with Crippen LogP contribution in [0, 0.1) is 6.92 Å². The van der Waals surface area contributed by atoms with Gasteiger partial charge in [-0.1, -0.05) is 19.4 Å². The van der Waals surface area contributed by atoms with Crippen LogP contribution in [0.1, 0.15) is 11.1 Å². The summed E-state index contributed by atoms with van der Waals surface area (Å²) in [5.74, 6) is 0. The Morgan fingerprint density at radius 3 is 2.33 bits per heavy atom. The first-order valence-electron chi connectivity index (χ1n) is 5.47. The average Bonchev–Trinajstić information content (AvgIpc) is 2.50. The second-order valence-corrected chi connectivity index (χ2v) is 4.45. The van der Waals surface area contributed by atoms with Gasteiger partial charge in [0.25, 0.3) is 0 Å². The van der Waals surface area contributed by atoms with Crippen molar-refractivity contribution in [3.8, 4) is 0 Å². The predicted octanol–water partition coefficient (Wildman–Crippen LogP) is -3.02. The van der Waals surface area contributed by atoms with Gasteiger partial charge < -0.3 is 29.7 Å². The van der Waals surface area contributed by atoms with Gasteiger partial charge in [-0.05, 0) is 20.6 Å². The van der Waals surface area contributed by atoms with E-state index in [1.807, 2.05) is 0 Å². The second kappa shape index (κ2) is 9.06. The normalized spacial score (nSPS) is 9.56. The molecule has 97 valence electrons. The smallest absolute Gasteiger partial charge is 1.00 e. The molecule has 0 N–H and O–H groups in total. The molecule has 1 radical (unpaired) electrons. The van der Waals surface area contributed by atoms with Crippen molar-refractivity contribution in [2.24, 2.45) is 0 Å². The number of benzene rings is 1. The van der Waals surface area contributed by atoms with Crippen molar-refractivity contribution in [1.82, 2.24) is 4.90 Å². The van der Waals surface area contributed by atoms with Crippen molar-refractivity contribution in [2.75, 3.05) is 20.6 Å². The first kappa shape index (κ1) is 20.4. The Hall–Kier alpha value is 0.0843. The summed E-state index contributed by atoms with van der Waals surface area (Å²) in [6, 6.07) is 11.0. The maximum Gasteiger partial charge on any atom is 3.00 e. The van der Waals surface area contributed by atoms with Crippen LogP contribution in [0.4, 0.5) is 0 Å². The molecule has 2 aromatic carbocycles. The zero-order valence-electron chi connectivity index (χ0n) is 11.0. The molecule has 0 spiro atoms. The average molecular weight is 319 g/mol.